The van der Waals surface area contributed by atoms with E-state index in [4.69, 9.17) is 10.5 Å². The minimum atomic E-state index is 0.454. The summed E-state index contributed by atoms with van der Waals surface area (Å²) in [7, 11) is 0. The van der Waals surface area contributed by atoms with Crippen molar-refractivity contribution in [3.8, 4) is 16.9 Å². The van der Waals surface area contributed by atoms with Crippen LogP contribution in [-0.2, 0) is 0 Å². The van der Waals surface area contributed by atoms with Gasteiger partial charge in [-0.25, -0.2) is 0 Å². The summed E-state index contributed by atoms with van der Waals surface area (Å²) in [4.78, 5) is 0. The zero-order chi connectivity index (χ0) is 11.7. The zero-order valence-electron chi connectivity index (χ0n) is 9.56. The summed E-state index contributed by atoms with van der Waals surface area (Å²) in [5.74, 6) is 1.46. The number of thiophene rings is 1. The van der Waals surface area contributed by atoms with Gasteiger partial charge in [-0.2, -0.15) is 11.3 Å². The maximum atomic E-state index is 5.80. The first kappa shape index (κ1) is 10.8. The first-order valence-corrected chi connectivity index (χ1v) is 6.82. The standard InChI is InChI=1S/C14H15NOS/c15-8-11-3-5-16-14-7-10(1-2-13(11)14)12-4-6-17-9-12/h1-2,4,6-7,9,11H,3,5,8,15H2. The van der Waals surface area contributed by atoms with E-state index in [1.54, 1.807) is 11.3 Å². The van der Waals surface area contributed by atoms with Crippen LogP contribution in [0.4, 0.5) is 0 Å². The number of fused-ring (bicyclic) bond motifs is 1. The number of rotatable bonds is 2. The fourth-order valence-corrected chi connectivity index (χ4v) is 2.98. The highest BCUT2D eigenvalue weighted by molar-refractivity contribution is 7.08. The molecule has 2 nitrogen and oxygen atoms in total. The van der Waals surface area contributed by atoms with Crippen LogP contribution in [0.1, 0.15) is 17.9 Å². The average molecular weight is 245 g/mol. The van der Waals surface area contributed by atoms with Crippen molar-refractivity contribution in [1.29, 1.82) is 0 Å². The Balaban J connectivity index is 2.02. The summed E-state index contributed by atoms with van der Waals surface area (Å²) < 4.78 is 5.74. The summed E-state index contributed by atoms with van der Waals surface area (Å²) in [6.45, 7) is 1.48. The molecular weight excluding hydrogens is 230 g/mol. The molecule has 2 N–H and O–H groups in total. The topological polar surface area (TPSA) is 35.2 Å². The minimum Gasteiger partial charge on any atom is -0.493 e. The van der Waals surface area contributed by atoms with E-state index >= 15 is 0 Å². The van der Waals surface area contributed by atoms with Gasteiger partial charge in [-0.3, -0.25) is 0 Å². The molecule has 1 atom stereocenters. The molecule has 17 heavy (non-hydrogen) atoms. The summed E-state index contributed by atoms with van der Waals surface area (Å²) in [5.41, 5.74) is 9.54. The third kappa shape index (κ3) is 1.96. The van der Waals surface area contributed by atoms with E-state index in [0.29, 0.717) is 12.5 Å². The molecule has 3 rings (SSSR count). The Morgan fingerprint density at radius 2 is 2.24 bits per heavy atom. The number of hydrogen-bond donors (Lipinski definition) is 1. The van der Waals surface area contributed by atoms with Gasteiger partial charge in [0.1, 0.15) is 5.75 Å². The lowest BCUT2D eigenvalue weighted by Crippen LogP contribution is -2.20. The van der Waals surface area contributed by atoms with Crippen LogP contribution in [0.2, 0.25) is 0 Å². The first-order chi connectivity index (χ1) is 8.38. The van der Waals surface area contributed by atoms with Crippen molar-refractivity contribution < 1.29 is 4.74 Å². The highest BCUT2D eigenvalue weighted by Crippen LogP contribution is 2.36. The lowest BCUT2D eigenvalue weighted by atomic mass is 9.91. The number of nitrogens with two attached hydrogens (primary N) is 1. The Bertz CT molecular complexity index is 507. The van der Waals surface area contributed by atoms with E-state index in [1.165, 1.54) is 16.7 Å². The Hall–Kier alpha value is -1.32. The van der Waals surface area contributed by atoms with Gasteiger partial charge in [-0.05, 0) is 52.5 Å². The van der Waals surface area contributed by atoms with Crippen LogP contribution < -0.4 is 10.5 Å². The minimum absolute atomic E-state index is 0.454. The van der Waals surface area contributed by atoms with Crippen LogP contribution in [-0.4, -0.2) is 13.2 Å². The molecule has 0 aliphatic carbocycles. The second-order valence-electron chi connectivity index (χ2n) is 4.33. The second-order valence-corrected chi connectivity index (χ2v) is 5.11. The van der Waals surface area contributed by atoms with Crippen molar-refractivity contribution in [1.82, 2.24) is 0 Å². The fraction of sp³-hybridized carbons (Fsp3) is 0.286. The number of benzene rings is 1. The van der Waals surface area contributed by atoms with Gasteiger partial charge in [0.15, 0.2) is 0 Å². The maximum absolute atomic E-state index is 5.80. The predicted molar refractivity (Wildman–Crippen MR) is 71.7 cm³/mol. The van der Waals surface area contributed by atoms with E-state index in [0.717, 1.165) is 18.8 Å². The molecule has 0 fully saturated rings. The molecule has 88 valence electrons. The lowest BCUT2D eigenvalue weighted by molar-refractivity contribution is 0.269. The summed E-state index contributed by atoms with van der Waals surface area (Å²) in [5, 5.41) is 4.25. The summed E-state index contributed by atoms with van der Waals surface area (Å²) in [6, 6.07) is 8.60. The molecule has 1 aromatic heterocycles. The monoisotopic (exact) mass is 245 g/mol. The van der Waals surface area contributed by atoms with E-state index in [1.807, 2.05) is 0 Å². The molecule has 0 bridgehead atoms. The molecule has 1 unspecified atom stereocenters. The van der Waals surface area contributed by atoms with Crippen LogP contribution >= 0.6 is 11.3 Å². The molecule has 0 spiro atoms. The molecule has 2 aromatic rings. The molecule has 2 heterocycles. The average Bonchev–Trinajstić information content (AvgIpc) is 2.91. The maximum Gasteiger partial charge on any atom is 0.123 e. The van der Waals surface area contributed by atoms with Crippen LogP contribution in [0.15, 0.2) is 35.0 Å². The largest absolute Gasteiger partial charge is 0.493 e. The summed E-state index contributed by atoms with van der Waals surface area (Å²) in [6.07, 6.45) is 1.03. The Labute approximate surface area is 105 Å². The molecular formula is C14H15NOS. The van der Waals surface area contributed by atoms with Crippen LogP contribution in [0.3, 0.4) is 0 Å². The zero-order valence-corrected chi connectivity index (χ0v) is 10.4. The molecule has 1 aromatic carbocycles. The first-order valence-electron chi connectivity index (χ1n) is 5.88. The van der Waals surface area contributed by atoms with Crippen molar-refractivity contribution in [3.63, 3.8) is 0 Å². The van der Waals surface area contributed by atoms with Crippen LogP contribution in [0.25, 0.3) is 11.1 Å². The third-order valence-corrected chi connectivity index (χ3v) is 4.00. The summed E-state index contributed by atoms with van der Waals surface area (Å²) >= 11 is 1.72. The second kappa shape index (κ2) is 4.51. The smallest absolute Gasteiger partial charge is 0.123 e. The molecule has 0 radical (unpaired) electrons. The van der Waals surface area contributed by atoms with Gasteiger partial charge < -0.3 is 10.5 Å². The molecule has 0 amide bonds. The van der Waals surface area contributed by atoms with Crippen molar-refractivity contribution >= 4 is 11.3 Å². The Kier molecular flexibility index (Phi) is 2.87. The van der Waals surface area contributed by atoms with E-state index < -0.39 is 0 Å². The van der Waals surface area contributed by atoms with E-state index in [9.17, 15) is 0 Å². The van der Waals surface area contributed by atoms with Crippen molar-refractivity contribution in [2.24, 2.45) is 5.73 Å². The van der Waals surface area contributed by atoms with E-state index in [-0.39, 0.29) is 0 Å². The Morgan fingerprint density at radius 1 is 1.29 bits per heavy atom. The highest BCUT2D eigenvalue weighted by atomic mass is 32.1. The molecule has 0 saturated heterocycles. The van der Waals surface area contributed by atoms with Gasteiger partial charge in [0.25, 0.3) is 0 Å². The molecule has 0 saturated carbocycles. The van der Waals surface area contributed by atoms with Gasteiger partial charge in [0, 0.05) is 5.92 Å². The molecule has 1 aliphatic heterocycles. The van der Waals surface area contributed by atoms with Gasteiger partial charge in [-0.1, -0.05) is 12.1 Å². The fourth-order valence-electron chi connectivity index (χ4n) is 2.32. The van der Waals surface area contributed by atoms with Gasteiger partial charge in [-0.15, -0.1) is 0 Å². The van der Waals surface area contributed by atoms with Crippen molar-refractivity contribution in [3.05, 3.63) is 40.6 Å². The third-order valence-electron chi connectivity index (χ3n) is 3.32. The van der Waals surface area contributed by atoms with Gasteiger partial charge >= 0.3 is 0 Å². The van der Waals surface area contributed by atoms with Crippen LogP contribution in [0.5, 0.6) is 5.75 Å². The SMILES string of the molecule is NCC1CCOc2cc(-c3ccsc3)ccc21. The normalized spacial score (nSPS) is 18.5. The Morgan fingerprint density at radius 3 is 3.00 bits per heavy atom. The van der Waals surface area contributed by atoms with Crippen molar-refractivity contribution in [2.45, 2.75) is 12.3 Å². The van der Waals surface area contributed by atoms with Crippen molar-refractivity contribution in [2.75, 3.05) is 13.2 Å². The number of hydrogen-bond acceptors (Lipinski definition) is 3. The lowest BCUT2D eigenvalue weighted by Gasteiger charge is -2.25. The van der Waals surface area contributed by atoms with Crippen LogP contribution in [0, 0.1) is 0 Å². The highest BCUT2D eigenvalue weighted by Gasteiger charge is 2.20. The quantitative estimate of drug-likeness (QED) is 0.881. The number of ether oxygens (including phenoxy) is 1. The van der Waals surface area contributed by atoms with Gasteiger partial charge in [0.05, 0.1) is 6.61 Å². The molecule has 3 heteroatoms. The van der Waals surface area contributed by atoms with Gasteiger partial charge in [0.2, 0.25) is 0 Å². The predicted octanol–water partition coefficient (Wildman–Crippen LogP) is 3.24. The van der Waals surface area contributed by atoms with E-state index in [2.05, 4.69) is 35.0 Å². The molecule has 1 aliphatic rings.